The van der Waals surface area contributed by atoms with Crippen molar-refractivity contribution >= 4 is 0 Å². The fourth-order valence-electron chi connectivity index (χ4n) is 1.01. The highest BCUT2D eigenvalue weighted by Crippen LogP contribution is 2.14. The minimum absolute atomic E-state index is 0.234. The maximum atomic E-state index is 8.67. The lowest BCUT2D eigenvalue weighted by molar-refractivity contribution is 0.278. The molecule has 60 valence electrons. The van der Waals surface area contributed by atoms with Gasteiger partial charge in [0.2, 0.25) is 0 Å². The van der Waals surface area contributed by atoms with Gasteiger partial charge in [0.05, 0.1) is 0 Å². The summed E-state index contributed by atoms with van der Waals surface area (Å²) in [6.45, 7) is 2.30. The van der Waals surface area contributed by atoms with E-state index >= 15 is 0 Å². The van der Waals surface area contributed by atoms with E-state index in [1.807, 2.05) is 18.2 Å². The van der Waals surface area contributed by atoms with Crippen molar-refractivity contribution in [2.45, 2.75) is 19.3 Å². The zero-order valence-electron chi connectivity index (χ0n) is 6.70. The van der Waals surface area contributed by atoms with Crippen molar-refractivity contribution in [1.82, 2.24) is 4.98 Å². The molecule has 0 spiro atoms. The van der Waals surface area contributed by atoms with Gasteiger partial charge in [-0.15, -0.1) is 0 Å². The molecule has 0 saturated heterocycles. The third-order valence-corrected chi connectivity index (χ3v) is 1.75. The van der Waals surface area contributed by atoms with Crippen LogP contribution in [0, 0.1) is 0 Å². The van der Waals surface area contributed by atoms with Crippen LogP contribution in [-0.4, -0.2) is 16.7 Å². The molecule has 0 aromatic carbocycles. The first kappa shape index (κ1) is 8.21. The summed E-state index contributed by atoms with van der Waals surface area (Å²) in [5, 5.41) is 8.67. The van der Waals surface area contributed by atoms with Crippen LogP contribution in [0.3, 0.4) is 0 Å². The fourth-order valence-corrected chi connectivity index (χ4v) is 1.01. The standard InChI is InChI=1S/C9H13NO/c1-8(5-7-11)9-4-2-3-6-10-9/h2-4,6,8,11H,5,7H2,1H3. The molecule has 1 atom stereocenters. The van der Waals surface area contributed by atoms with Gasteiger partial charge in [-0.2, -0.15) is 0 Å². The highest BCUT2D eigenvalue weighted by Gasteiger charge is 2.03. The Hall–Kier alpha value is -0.890. The molecule has 1 unspecified atom stereocenters. The van der Waals surface area contributed by atoms with Crippen LogP contribution in [0.25, 0.3) is 0 Å². The fraction of sp³-hybridized carbons (Fsp3) is 0.444. The van der Waals surface area contributed by atoms with Gasteiger partial charge in [0, 0.05) is 24.4 Å². The molecule has 1 aromatic rings. The molecule has 1 N–H and O–H groups in total. The molecule has 0 aliphatic heterocycles. The van der Waals surface area contributed by atoms with Crippen LogP contribution in [0.2, 0.25) is 0 Å². The SMILES string of the molecule is CC(CCO)c1ccccn1. The number of pyridine rings is 1. The lowest BCUT2D eigenvalue weighted by Gasteiger charge is -2.07. The van der Waals surface area contributed by atoms with Crippen molar-refractivity contribution in [2.24, 2.45) is 0 Å². The van der Waals surface area contributed by atoms with Gasteiger partial charge in [0.1, 0.15) is 0 Å². The molecule has 1 rings (SSSR count). The van der Waals surface area contributed by atoms with Gasteiger partial charge in [-0.1, -0.05) is 13.0 Å². The van der Waals surface area contributed by atoms with Crippen LogP contribution < -0.4 is 0 Å². The maximum absolute atomic E-state index is 8.67. The average Bonchev–Trinajstić information content (AvgIpc) is 2.07. The number of aromatic nitrogens is 1. The van der Waals surface area contributed by atoms with E-state index in [2.05, 4.69) is 11.9 Å². The van der Waals surface area contributed by atoms with Crippen LogP contribution in [0.1, 0.15) is 25.0 Å². The molecule has 0 amide bonds. The zero-order valence-corrected chi connectivity index (χ0v) is 6.70. The molecule has 1 heterocycles. The van der Waals surface area contributed by atoms with Gasteiger partial charge >= 0.3 is 0 Å². The monoisotopic (exact) mass is 151 g/mol. The molecule has 0 radical (unpaired) electrons. The van der Waals surface area contributed by atoms with Gasteiger partial charge in [0.25, 0.3) is 0 Å². The minimum atomic E-state index is 0.234. The Bertz CT molecular complexity index is 198. The van der Waals surface area contributed by atoms with Crippen LogP contribution in [0.5, 0.6) is 0 Å². The Labute approximate surface area is 66.9 Å². The Morgan fingerprint density at radius 3 is 2.91 bits per heavy atom. The Morgan fingerprint density at radius 2 is 2.36 bits per heavy atom. The van der Waals surface area contributed by atoms with Crippen LogP contribution >= 0.6 is 0 Å². The predicted molar refractivity (Wildman–Crippen MR) is 44.4 cm³/mol. The molecule has 0 saturated carbocycles. The largest absolute Gasteiger partial charge is 0.396 e. The van der Waals surface area contributed by atoms with Gasteiger partial charge < -0.3 is 5.11 Å². The quantitative estimate of drug-likeness (QED) is 0.711. The van der Waals surface area contributed by atoms with E-state index < -0.39 is 0 Å². The minimum Gasteiger partial charge on any atom is -0.396 e. The summed E-state index contributed by atoms with van der Waals surface area (Å²) in [6.07, 6.45) is 2.57. The van der Waals surface area contributed by atoms with E-state index in [0.717, 1.165) is 12.1 Å². The number of aliphatic hydroxyl groups excluding tert-OH is 1. The van der Waals surface area contributed by atoms with Crippen molar-refractivity contribution in [2.75, 3.05) is 6.61 Å². The number of nitrogens with zero attached hydrogens (tertiary/aromatic N) is 1. The summed E-state index contributed by atoms with van der Waals surface area (Å²) in [7, 11) is 0. The number of hydrogen-bond acceptors (Lipinski definition) is 2. The van der Waals surface area contributed by atoms with E-state index in [9.17, 15) is 0 Å². The van der Waals surface area contributed by atoms with Gasteiger partial charge in [-0.25, -0.2) is 0 Å². The first-order chi connectivity index (χ1) is 5.34. The smallest absolute Gasteiger partial charge is 0.0437 e. The third-order valence-electron chi connectivity index (χ3n) is 1.75. The Morgan fingerprint density at radius 1 is 1.55 bits per heavy atom. The van der Waals surface area contributed by atoms with Crippen molar-refractivity contribution in [3.8, 4) is 0 Å². The lowest BCUT2D eigenvalue weighted by atomic mass is 10.0. The van der Waals surface area contributed by atoms with E-state index in [1.165, 1.54) is 0 Å². The summed E-state index contributed by atoms with van der Waals surface area (Å²) in [5.41, 5.74) is 1.06. The maximum Gasteiger partial charge on any atom is 0.0437 e. The summed E-state index contributed by atoms with van der Waals surface area (Å²) in [5.74, 6) is 0.362. The molecular weight excluding hydrogens is 138 g/mol. The van der Waals surface area contributed by atoms with Crippen molar-refractivity contribution in [1.29, 1.82) is 0 Å². The zero-order chi connectivity index (χ0) is 8.10. The molecule has 2 nitrogen and oxygen atoms in total. The average molecular weight is 151 g/mol. The molecule has 2 heteroatoms. The Kier molecular flexibility index (Phi) is 3.05. The summed E-state index contributed by atoms with van der Waals surface area (Å²) in [6, 6.07) is 5.85. The van der Waals surface area contributed by atoms with E-state index in [1.54, 1.807) is 6.20 Å². The van der Waals surface area contributed by atoms with Crippen molar-refractivity contribution in [3.05, 3.63) is 30.1 Å². The lowest BCUT2D eigenvalue weighted by Crippen LogP contribution is -1.98. The van der Waals surface area contributed by atoms with Crippen molar-refractivity contribution in [3.63, 3.8) is 0 Å². The topological polar surface area (TPSA) is 33.1 Å². The number of hydrogen-bond donors (Lipinski definition) is 1. The third kappa shape index (κ3) is 2.31. The summed E-state index contributed by atoms with van der Waals surface area (Å²) >= 11 is 0. The second-order valence-electron chi connectivity index (χ2n) is 2.67. The number of aliphatic hydroxyl groups is 1. The summed E-state index contributed by atoms with van der Waals surface area (Å²) < 4.78 is 0. The van der Waals surface area contributed by atoms with Gasteiger partial charge in [-0.3, -0.25) is 4.98 Å². The number of rotatable bonds is 3. The van der Waals surface area contributed by atoms with Crippen LogP contribution in [-0.2, 0) is 0 Å². The second kappa shape index (κ2) is 4.09. The summed E-state index contributed by atoms with van der Waals surface area (Å²) in [4.78, 5) is 4.19. The first-order valence-electron chi connectivity index (χ1n) is 3.86. The molecule has 11 heavy (non-hydrogen) atoms. The van der Waals surface area contributed by atoms with Gasteiger partial charge in [-0.05, 0) is 18.6 Å². The first-order valence-corrected chi connectivity index (χ1v) is 3.86. The highest BCUT2D eigenvalue weighted by molar-refractivity contribution is 5.07. The molecule has 1 aromatic heterocycles. The molecule has 0 aliphatic rings. The second-order valence-corrected chi connectivity index (χ2v) is 2.67. The predicted octanol–water partition coefficient (Wildman–Crippen LogP) is 1.57. The molecular formula is C9H13NO. The van der Waals surface area contributed by atoms with E-state index in [4.69, 9.17) is 5.11 Å². The highest BCUT2D eigenvalue weighted by atomic mass is 16.3. The van der Waals surface area contributed by atoms with E-state index in [-0.39, 0.29) is 6.61 Å². The van der Waals surface area contributed by atoms with Crippen LogP contribution in [0.15, 0.2) is 24.4 Å². The molecule has 0 aliphatic carbocycles. The molecule has 0 bridgehead atoms. The van der Waals surface area contributed by atoms with E-state index in [0.29, 0.717) is 5.92 Å². The molecule has 0 fully saturated rings. The Balaban J connectivity index is 2.61. The van der Waals surface area contributed by atoms with Gasteiger partial charge in [0.15, 0.2) is 0 Å². The van der Waals surface area contributed by atoms with Crippen LogP contribution in [0.4, 0.5) is 0 Å². The normalized spacial score (nSPS) is 12.9. The van der Waals surface area contributed by atoms with Crippen molar-refractivity contribution < 1.29 is 5.11 Å².